The zero-order chi connectivity index (χ0) is 19.7. The van der Waals surface area contributed by atoms with Gasteiger partial charge in [-0.3, -0.25) is 20.2 Å². The summed E-state index contributed by atoms with van der Waals surface area (Å²) in [6, 6.07) is 17.5. The molecule has 0 saturated carbocycles. The normalized spacial score (nSPS) is 13.9. The molecule has 1 aromatic heterocycles. The van der Waals surface area contributed by atoms with E-state index in [1.165, 1.54) is 6.08 Å². The fourth-order valence-electron chi connectivity index (χ4n) is 2.90. The number of aromatic nitrogens is 2. The second-order valence-corrected chi connectivity index (χ2v) is 6.78. The summed E-state index contributed by atoms with van der Waals surface area (Å²) in [7, 11) is 0. The topological polar surface area (TPSA) is 76.0 Å². The summed E-state index contributed by atoms with van der Waals surface area (Å²) in [6.07, 6.45) is 3.33. The lowest BCUT2D eigenvalue weighted by Gasteiger charge is -2.16. The zero-order valence-electron chi connectivity index (χ0n) is 15.0. The second kappa shape index (κ2) is 7.21. The average Bonchev–Trinajstić information content (AvgIpc) is 3.10. The fourth-order valence-corrected chi connectivity index (χ4v) is 3.09. The van der Waals surface area contributed by atoms with Gasteiger partial charge in [0.15, 0.2) is 5.11 Å². The Morgan fingerprint density at radius 2 is 1.61 bits per heavy atom. The molecule has 0 aliphatic carbocycles. The van der Waals surface area contributed by atoms with Gasteiger partial charge in [-0.05, 0) is 37.4 Å². The van der Waals surface area contributed by atoms with Crippen molar-refractivity contribution in [1.29, 1.82) is 0 Å². The van der Waals surface area contributed by atoms with Crippen molar-refractivity contribution in [2.45, 2.75) is 6.92 Å². The van der Waals surface area contributed by atoms with Crippen molar-refractivity contribution in [3.63, 3.8) is 0 Å². The van der Waals surface area contributed by atoms with Crippen LogP contribution in [0.4, 0.5) is 0 Å². The van der Waals surface area contributed by atoms with Crippen molar-refractivity contribution in [1.82, 2.24) is 20.4 Å². The number of benzene rings is 2. The standard InChI is InChI=1S/C21H16N4O2S/c1-13-7-9-14(10-8-13)18-15(11-17-19(26)22-21(28)23-20(17)27)12-25(24-18)16-5-3-2-4-6-16/h2-12H,1H3,(H2,22,23,26,27,28). The molecule has 3 aromatic rings. The number of carbonyl (C=O) groups is 2. The Kier molecular flexibility index (Phi) is 4.58. The minimum absolute atomic E-state index is 0.00545. The van der Waals surface area contributed by atoms with E-state index >= 15 is 0 Å². The van der Waals surface area contributed by atoms with Crippen LogP contribution in [-0.2, 0) is 9.59 Å². The van der Waals surface area contributed by atoms with Gasteiger partial charge in [0, 0.05) is 17.3 Å². The molecule has 2 heterocycles. The van der Waals surface area contributed by atoms with Crippen molar-refractivity contribution in [3.8, 4) is 16.9 Å². The third-order valence-corrected chi connectivity index (χ3v) is 4.54. The van der Waals surface area contributed by atoms with Gasteiger partial charge in [-0.25, -0.2) is 4.68 Å². The van der Waals surface area contributed by atoms with E-state index in [1.807, 2.05) is 61.5 Å². The summed E-state index contributed by atoms with van der Waals surface area (Å²) in [5.41, 5.74) is 4.20. The van der Waals surface area contributed by atoms with Crippen molar-refractivity contribution >= 4 is 35.2 Å². The molecule has 2 N–H and O–H groups in total. The predicted octanol–water partition coefficient (Wildman–Crippen LogP) is 2.76. The van der Waals surface area contributed by atoms with Gasteiger partial charge in [-0.1, -0.05) is 48.0 Å². The molecule has 0 spiro atoms. The van der Waals surface area contributed by atoms with Crippen LogP contribution in [0, 0.1) is 6.92 Å². The largest absolute Gasteiger partial charge is 0.299 e. The lowest BCUT2D eigenvalue weighted by molar-refractivity contribution is -0.123. The highest BCUT2D eigenvalue weighted by molar-refractivity contribution is 7.80. The quantitative estimate of drug-likeness (QED) is 0.411. The maximum atomic E-state index is 12.2. The van der Waals surface area contributed by atoms with Crippen LogP contribution in [0.2, 0.25) is 0 Å². The molecule has 0 unspecified atom stereocenters. The maximum Gasteiger partial charge on any atom is 0.263 e. The van der Waals surface area contributed by atoms with Crippen LogP contribution in [0.3, 0.4) is 0 Å². The maximum absolute atomic E-state index is 12.2. The monoisotopic (exact) mass is 388 g/mol. The number of amides is 2. The predicted molar refractivity (Wildman–Crippen MR) is 111 cm³/mol. The SMILES string of the molecule is Cc1ccc(-c2nn(-c3ccccc3)cc2C=C2C(=O)NC(=S)NC2=O)cc1. The Labute approximate surface area is 166 Å². The summed E-state index contributed by atoms with van der Waals surface area (Å²) in [6.45, 7) is 2.01. The Hall–Kier alpha value is -3.58. The van der Waals surface area contributed by atoms with Gasteiger partial charge < -0.3 is 0 Å². The van der Waals surface area contributed by atoms with Crippen LogP contribution in [0.1, 0.15) is 11.1 Å². The third-order valence-electron chi connectivity index (χ3n) is 4.33. The van der Waals surface area contributed by atoms with E-state index in [1.54, 1.807) is 10.9 Å². The lowest BCUT2D eigenvalue weighted by Crippen LogP contribution is -2.51. The Morgan fingerprint density at radius 3 is 2.25 bits per heavy atom. The molecular formula is C21H16N4O2S. The van der Waals surface area contributed by atoms with Crippen LogP contribution in [-0.4, -0.2) is 26.7 Å². The third kappa shape index (κ3) is 3.47. The van der Waals surface area contributed by atoms with E-state index in [2.05, 4.69) is 10.6 Å². The summed E-state index contributed by atoms with van der Waals surface area (Å²) < 4.78 is 1.73. The van der Waals surface area contributed by atoms with Crippen LogP contribution >= 0.6 is 12.2 Å². The Balaban J connectivity index is 1.85. The molecule has 1 aliphatic rings. The van der Waals surface area contributed by atoms with E-state index < -0.39 is 11.8 Å². The number of rotatable bonds is 3. The fraction of sp³-hybridized carbons (Fsp3) is 0.0476. The number of hydrogen-bond donors (Lipinski definition) is 2. The molecule has 0 radical (unpaired) electrons. The van der Waals surface area contributed by atoms with Crippen molar-refractivity contribution < 1.29 is 9.59 Å². The van der Waals surface area contributed by atoms with Crippen molar-refractivity contribution in [2.24, 2.45) is 0 Å². The molecule has 1 aliphatic heterocycles. The van der Waals surface area contributed by atoms with E-state index in [0.717, 1.165) is 16.8 Å². The molecule has 138 valence electrons. The molecule has 7 heteroatoms. The first-order chi connectivity index (χ1) is 13.5. The molecule has 6 nitrogen and oxygen atoms in total. The van der Waals surface area contributed by atoms with Crippen LogP contribution in [0.25, 0.3) is 23.0 Å². The number of thiocarbonyl (C=S) groups is 1. The van der Waals surface area contributed by atoms with Gasteiger partial charge in [0.2, 0.25) is 0 Å². The molecular weight excluding hydrogens is 372 g/mol. The molecule has 1 saturated heterocycles. The van der Waals surface area contributed by atoms with Gasteiger partial charge >= 0.3 is 0 Å². The first-order valence-electron chi connectivity index (χ1n) is 8.62. The number of nitrogens with one attached hydrogen (secondary N) is 2. The molecule has 28 heavy (non-hydrogen) atoms. The van der Waals surface area contributed by atoms with Gasteiger partial charge in [-0.2, -0.15) is 5.10 Å². The van der Waals surface area contributed by atoms with Gasteiger partial charge in [0.1, 0.15) is 5.57 Å². The van der Waals surface area contributed by atoms with Crippen LogP contribution in [0.5, 0.6) is 0 Å². The first-order valence-corrected chi connectivity index (χ1v) is 9.02. The van der Waals surface area contributed by atoms with Gasteiger partial charge in [0.05, 0.1) is 11.4 Å². The highest BCUT2D eigenvalue weighted by Crippen LogP contribution is 2.26. The number of carbonyl (C=O) groups excluding carboxylic acids is 2. The second-order valence-electron chi connectivity index (χ2n) is 6.37. The van der Waals surface area contributed by atoms with Crippen molar-refractivity contribution in [2.75, 3.05) is 0 Å². The van der Waals surface area contributed by atoms with Crippen molar-refractivity contribution in [3.05, 3.63) is 77.5 Å². The minimum atomic E-state index is -0.531. The molecule has 0 atom stereocenters. The molecule has 2 aromatic carbocycles. The van der Waals surface area contributed by atoms with E-state index in [4.69, 9.17) is 17.3 Å². The van der Waals surface area contributed by atoms with E-state index in [0.29, 0.717) is 11.3 Å². The first kappa shape index (κ1) is 17.8. The Morgan fingerprint density at radius 1 is 0.964 bits per heavy atom. The van der Waals surface area contributed by atoms with Crippen LogP contribution < -0.4 is 10.6 Å². The smallest absolute Gasteiger partial charge is 0.263 e. The van der Waals surface area contributed by atoms with E-state index in [-0.39, 0.29) is 10.7 Å². The molecule has 1 fully saturated rings. The average molecular weight is 388 g/mol. The van der Waals surface area contributed by atoms with Gasteiger partial charge in [-0.15, -0.1) is 0 Å². The number of nitrogens with zero attached hydrogens (tertiary/aromatic N) is 2. The number of para-hydroxylation sites is 1. The summed E-state index contributed by atoms with van der Waals surface area (Å²) in [5, 5.41) is 9.60. The molecule has 4 rings (SSSR count). The highest BCUT2D eigenvalue weighted by atomic mass is 32.1. The molecule has 0 bridgehead atoms. The van der Waals surface area contributed by atoms with E-state index in [9.17, 15) is 9.59 Å². The summed E-state index contributed by atoms with van der Waals surface area (Å²) in [4.78, 5) is 24.5. The zero-order valence-corrected chi connectivity index (χ0v) is 15.8. The number of aryl methyl sites for hydroxylation is 1. The highest BCUT2D eigenvalue weighted by Gasteiger charge is 2.26. The minimum Gasteiger partial charge on any atom is -0.299 e. The Bertz CT molecular complexity index is 1090. The van der Waals surface area contributed by atoms with Crippen LogP contribution in [0.15, 0.2) is 66.4 Å². The lowest BCUT2D eigenvalue weighted by atomic mass is 10.0. The summed E-state index contributed by atoms with van der Waals surface area (Å²) in [5.74, 6) is -1.06. The summed E-state index contributed by atoms with van der Waals surface area (Å²) >= 11 is 4.85. The van der Waals surface area contributed by atoms with Gasteiger partial charge in [0.25, 0.3) is 11.8 Å². The molecule has 2 amide bonds. The number of hydrogen-bond acceptors (Lipinski definition) is 4.